The van der Waals surface area contributed by atoms with Crippen molar-refractivity contribution in [3.8, 4) is 0 Å². The molecule has 3 rings (SSSR count). The normalized spacial score (nSPS) is 19.9. The Labute approximate surface area is 122 Å². The quantitative estimate of drug-likeness (QED) is 0.931. The average Bonchev–Trinajstić information content (AvgIpc) is 3.12. The Morgan fingerprint density at radius 2 is 2.14 bits per heavy atom. The van der Waals surface area contributed by atoms with Crippen LogP contribution in [0.2, 0.25) is 0 Å². The largest absolute Gasteiger partial charge is 0.480 e. The molecule has 0 radical (unpaired) electrons. The van der Waals surface area contributed by atoms with E-state index in [0.29, 0.717) is 13.0 Å². The summed E-state index contributed by atoms with van der Waals surface area (Å²) in [5.74, 6) is -1.09. The van der Waals surface area contributed by atoms with Gasteiger partial charge < -0.3 is 14.6 Å². The molecule has 2 heterocycles. The van der Waals surface area contributed by atoms with E-state index >= 15 is 0 Å². The Hall–Kier alpha value is -2.37. The number of para-hydroxylation sites is 2. The summed E-state index contributed by atoms with van der Waals surface area (Å²) in [6.07, 6.45) is 2.90. The van der Waals surface area contributed by atoms with Crippen LogP contribution in [0.25, 0.3) is 11.0 Å². The first-order valence-corrected chi connectivity index (χ1v) is 7.04. The molecule has 6 heteroatoms. The highest BCUT2D eigenvalue weighted by atomic mass is 16.4. The Morgan fingerprint density at radius 1 is 1.38 bits per heavy atom. The standard InChI is InChI=1S/C15H17N3O3/c1-10(14(19)17-8-4-7-13(17)15(20)21)18-9-16-11-5-2-3-6-12(11)18/h2-3,5-6,9-10,13H,4,7-8H2,1H3,(H,20,21)/t10?,13-/m0/s1. The molecule has 2 aromatic rings. The van der Waals surface area contributed by atoms with E-state index in [1.54, 1.807) is 17.8 Å². The SMILES string of the molecule is CC(C(=O)N1CCC[C@H]1C(=O)O)n1cnc2ccccc21. The van der Waals surface area contributed by atoms with Crippen LogP contribution < -0.4 is 0 Å². The number of hydrogen-bond acceptors (Lipinski definition) is 3. The van der Waals surface area contributed by atoms with Crippen LogP contribution >= 0.6 is 0 Å². The molecule has 110 valence electrons. The summed E-state index contributed by atoms with van der Waals surface area (Å²) in [6, 6.07) is 6.43. The number of carbonyl (C=O) groups is 2. The Kier molecular flexibility index (Phi) is 3.37. The van der Waals surface area contributed by atoms with Gasteiger partial charge in [-0.15, -0.1) is 0 Å². The molecule has 0 spiro atoms. The number of aromatic nitrogens is 2. The molecule has 1 amide bonds. The number of carboxylic acids is 1. The van der Waals surface area contributed by atoms with Crippen molar-refractivity contribution in [2.45, 2.75) is 31.8 Å². The first kappa shape index (κ1) is 13.6. The topological polar surface area (TPSA) is 75.4 Å². The van der Waals surface area contributed by atoms with Gasteiger partial charge in [-0.2, -0.15) is 0 Å². The van der Waals surface area contributed by atoms with Crippen LogP contribution in [0.1, 0.15) is 25.8 Å². The maximum atomic E-state index is 12.6. The number of hydrogen-bond donors (Lipinski definition) is 1. The molecule has 0 bridgehead atoms. The molecule has 0 saturated carbocycles. The number of rotatable bonds is 3. The minimum atomic E-state index is -0.927. The van der Waals surface area contributed by atoms with Gasteiger partial charge in [0.1, 0.15) is 12.1 Å². The van der Waals surface area contributed by atoms with Gasteiger partial charge in [-0.1, -0.05) is 12.1 Å². The van der Waals surface area contributed by atoms with Crippen LogP contribution in [0, 0.1) is 0 Å². The molecule has 1 saturated heterocycles. The molecule has 1 aliphatic rings. The summed E-state index contributed by atoms with van der Waals surface area (Å²) in [7, 11) is 0. The molecular formula is C15H17N3O3. The summed E-state index contributed by atoms with van der Waals surface area (Å²) in [5.41, 5.74) is 1.71. The van der Waals surface area contributed by atoms with E-state index in [1.807, 2.05) is 24.3 Å². The van der Waals surface area contributed by atoms with Gasteiger partial charge in [0.25, 0.3) is 0 Å². The number of fused-ring (bicyclic) bond motifs is 1. The molecule has 6 nitrogen and oxygen atoms in total. The first-order valence-electron chi connectivity index (χ1n) is 7.04. The van der Waals surface area contributed by atoms with Crippen molar-refractivity contribution in [2.75, 3.05) is 6.54 Å². The zero-order valence-corrected chi connectivity index (χ0v) is 11.8. The molecule has 2 atom stereocenters. The number of carboxylic acid groups (broad SMARTS) is 1. The van der Waals surface area contributed by atoms with Crippen molar-refractivity contribution in [3.63, 3.8) is 0 Å². The van der Waals surface area contributed by atoms with E-state index in [-0.39, 0.29) is 5.91 Å². The monoisotopic (exact) mass is 287 g/mol. The van der Waals surface area contributed by atoms with Gasteiger partial charge in [0, 0.05) is 6.54 Å². The fraction of sp³-hybridized carbons (Fsp3) is 0.400. The second-order valence-corrected chi connectivity index (χ2v) is 5.34. The summed E-state index contributed by atoms with van der Waals surface area (Å²) < 4.78 is 1.80. The molecule has 1 aromatic carbocycles. The van der Waals surface area contributed by atoms with E-state index in [0.717, 1.165) is 17.5 Å². The van der Waals surface area contributed by atoms with Crippen molar-refractivity contribution in [3.05, 3.63) is 30.6 Å². The minimum Gasteiger partial charge on any atom is -0.480 e. The lowest BCUT2D eigenvalue weighted by molar-refractivity contribution is -0.149. The number of likely N-dealkylation sites (tertiary alicyclic amines) is 1. The molecule has 1 aromatic heterocycles. The fourth-order valence-electron chi connectivity index (χ4n) is 2.93. The number of nitrogens with zero attached hydrogens (tertiary/aromatic N) is 3. The number of imidazole rings is 1. The Balaban J connectivity index is 1.89. The summed E-state index contributed by atoms with van der Waals surface area (Å²) in [6.45, 7) is 2.29. The second kappa shape index (κ2) is 5.20. The third-order valence-electron chi connectivity index (χ3n) is 4.08. The second-order valence-electron chi connectivity index (χ2n) is 5.34. The van der Waals surface area contributed by atoms with Gasteiger partial charge in [-0.3, -0.25) is 4.79 Å². The molecule has 1 unspecified atom stereocenters. The number of amides is 1. The fourth-order valence-corrected chi connectivity index (χ4v) is 2.93. The number of benzene rings is 1. The van der Waals surface area contributed by atoms with Crippen molar-refractivity contribution in [1.29, 1.82) is 0 Å². The summed E-state index contributed by atoms with van der Waals surface area (Å²) in [4.78, 5) is 29.6. The number of aliphatic carboxylic acids is 1. The van der Waals surface area contributed by atoms with Gasteiger partial charge in [0.2, 0.25) is 5.91 Å². The van der Waals surface area contributed by atoms with Crippen molar-refractivity contribution in [2.24, 2.45) is 0 Å². The van der Waals surface area contributed by atoms with Gasteiger partial charge in [-0.25, -0.2) is 9.78 Å². The van der Waals surface area contributed by atoms with Crippen LogP contribution in [0.5, 0.6) is 0 Å². The predicted octanol–water partition coefficient (Wildman–Crippen LogP) is 1.67. The minimum absolute atomic E-state index is 0.164. The lowest BCUT2D eigenvalue weighted by Crippen LogP contribution is -2.43. The summed E-state index contributed by atoms with van der Waals surface area (Å²) >= 11 is 0. The molecule has 1 aliphatic heterocycles. The highest BCUT2D eigenvalue weighted by Crippen LogP contribution is 2.24. The van der Waals surface area contributed by atoms with Crippen molar-refractivity contribution in [1.82, 2.24) is 14.5 Å². The van der Waals surface area contributed by atoms with Crippen molar-refractivity contribution >= 4 is 22.9 Å². The van der Waals surface area contributed by atoms with E-state index in [2.05, 4.69) is 4.98 Å². The predicted molar refractivity (Wildman–Crippen MR) is 76.8 cm³/mol. The maximum Gasteiger partial charge on any atom is 0.326 e. The van der Waals surface area contributed by atoms with Crippen molar-refractivity contribution < 1.29 is 14.7 Å². The van der Waals surface area contributed by atoms with Gasteiger partial charge in [0.15, 0.2) is 0 Å². The van der Waals surface area contributed by atoms with Gasteiger partial charge in [0.05, 0.1) is 17.4 Å². The third-order valence-corrected chi connectivity index (χ3v) is 4.08. The van der Waals surface area contributed by atoms with Gasteiger partial charge in [-0.05, 0) is 31.9 Å². The zero-order valence-electron chi connectivity index (χ0n) is 11.8. The number of carbonyl (C=O) groups excluding carboxylic acids is 1. The highest BCUT2D eigenvalue weighted by molar-refractivity contribution is 5.88. The average molecular weight is 287 g/mol. The molecular weight excluding hydrogens is 270 g/mol. The maximum absolute atomic E-state index is 12.6. The van der Waals surface area contributed by atoms with Crippen LogP contribution in [0.3, 0.4) is 0 Å². The van der Waals surface area contributed by atoms with E-state index in [4.69, 9.17) is 0 Å². The lowest BCUT2D eigenvalue weighted by Gasteiger charge is -2.25. The van der Waals surface area contributed by atoms with Crippen LogP contribution in [0.15, 0.2) is 30.6 Å². The highest BCUT2D eigenvalue weighted by Gasteiger charge is 2.36. The summed E-state index contributed by atoms with van der Waals surface area (Å²) in [5, 5.41) is 9.20. The zero-order chi connectivity index (χ0) is 15.0. The third kappa shape index (κ3) is 2.26. The van der Waals surface area contributed by atoms with E-state index in [1.165, 1.54) is 4.90 Å². The molecule has 21 heavy (non-hydrogen) atoms. The Bertz CT molecular complexity index is 694. The van der Waals surface area contributed by atoms with E-state index in [9.17, 15) is 14.7 Å². The van der Waals surface area contributed by atoms with Gasteiger partial charge >= 0.3 is 5.97 Å². The van der Waals surface area contributed by atoms with Crippen LogP contribution in [0.4, 0.5) is 0 Å². The lowest BCUT2D eigenvalue weighted by atomic mass is 10.2. The molecule has 1 fully saturated rings. The molecule has 0 aliphatic carbocycles. The van der Waals surface area contributed by atoms with Crippen LogP contribution in [-0.2, 0) is 9.59 Å². The smallest absolute Gasteiger partial charge is 0.326 e. The molecule has 1 N–H and O–H groups in total. The van der Waals surface area contributed by atoms with Crippen LogP contribution in [-0.4, -0.2) is 44.0 Å². The Morgan fingerprint density at radius 3 is 2.90 bits per heavy atom. The first-order chi connectivity index (χ1) is 10.1. The van der Waals surface area contributed by atoms with E-state index < -0.39 is 18.1 Å².